The molecule has 0 aliphatic rings. The van der Waals surface area contributed by atoms with Gasteiger partial charge in [-0.2, -0.15) is 0 Å². The average Bonchev–Trinajstić information content (AvgIpc) is 2.08. The third-order valence-electron chi connectivity index (χ3n) is 2.00. The van der Waals surface area contributed by atoms with Gasteiger partial charge in [0.2, 0.25) is 0 Å². The molecule has 16 heavy (non-hydrogen) atoms. The Labute approximate surface area is 95.4 Å². The van der Waals surface area contributed by atoms with Crippen LogP contribution in [-0.4, -0.2) is 11.6 Å². The maximum atomic E-state index is 13.2. The van der Waals surface area contributed by atoms with Crippen LogP contribution in [0.2, 0.25) is 0 Å². The molecule has 0 unspecified atom stereocenters. The molecule has 0 saturated heterocycles. The summed E-state index contributed by atoms with van der Waals surface area (Å²) in [6, 6.07) is 4.77. The van der Waals surface area contributed by atoms with Crippen molar-refractivity contribution >= 4 is 5.97 Å². The predicted octanol–water partition coefficient (Wildman–Crippen LogP) is 3.02. The first kappa shape index (κ1) is 12.7. The average molecular weight is 224 g/mol. The number of hydrogen-bond donors (Lipinski definition) is 0. The molecule has 0 amide bonds. The summed E-state index contributed by atoms with van der Waals surface area (Å²) in [5, 5.41) is 0. The largest absolute Gasteiger partial charge is 0.460 e. The van der Waals surface area contributed by atoms with E-state index < -0.39 is 5.60 Å². The molecular weight excluding hydrogens is 207 g/mol. The lowest BCUT2D eigenvalue weighted by molar-refractivity contribution is -0.153. The first-order chi connectivity index (χ1) is 7.28. The van der Waals surface area contributed by atoms with Crippen LogP contribution >= 0.6 is 0 Å². The standard InChI is InChI=1S/C13H17FO2/c1-9-5-6-10(7-11(9)14)8-12(15)16-13(2,3)4/h5-7H,8H2,1-4H3. The second kappa shape index (κ2) is 4.64. The maximum Gasteiger partial charge on any atom is 0.310 e. The molecule has 1 aromatic rings. The van der Waals surface area contributed by atoms with Crippen LogP contribution in [0, 0.1) is 12.7 Å². The molecule has 0 atom stereocenters. The van der Waals surface area contributed by atoms with Gasteiger partial charge in [-0.3, -0.25) is 4.79 Å². The zero-order valence-corrected chi connectivity index (χ0v) is 10.1. The molecule has 1 aromatic carbocycles. The van der Waals surface area contributed by atoms with Crippen molar-refractivity contribution in [2.45, 2.75) is 39.7 Å². The molecule has 88 valence electrons. The summed E-state index contributed by atoms with van der Waals surface area (Å²) in [4.78, 5) is 11.5. The highest BCUT2D eigenvalue weighted by atomic mass is 19.1. The van der Waals surface area contributed by atoms with Crippen LogP contribution in [0.4, 0.5) is 4.39 Å². The number of aryl methyl sites for hydroxylation is 1. The second-order valence-corrected chi connectivity index (χ2v) is 4.85. The van der Waals surface area contributed by atoms with Crippen molar-refractivity contribution in [3.8, 4) is 0 Å². The first-order valence-corrected chi connectivity index (χ1v) is 5.25. The Kier molecular flexibility index (Phi) is 3.68. The van der Waals surface area contributed by atoms with Crippen molar-refractivity contribution in [2.24, 2.45) is 0 Å². The Morgan fingerprint density at radius 3 is 2.50 bits per heavy atom. The van der Waals surface area contributed by atoms with E-state index in [1.807, 2.05) is 0 Å². The van der Waals surface area contributed by atoms with Gasteiger partial charge in [-0.1, -0.05) is 12.1 Å². The molecule has 0 aliphatic carbocycles. The minimum Gasteiger partial charge on any atom is -0.460 e. The Morgan fingerprint density at radius 1 is 1.38 bits per heavy atom. The van der Waals surface area contributed by atoms with Crippen LogP contribution in [0.15, 0.2) is 18.2 Å². The lowest BCUT2D eigenvalue weighted by atomic mass is 10.1. The van der Waals surface area contributed by atoms with Gasteiger partial charge in [0.25, 0.3) is 0 Å². The van der Waals surface area contributed by atoms with E-state index in [1.165, 1.54) is 6.07 Å². The Bertz CT molecular complexity index is 391. The summed E-state index contributed by atoms with van der Waals surface area (Å²) in [5.41, 5.74) is 0.714. The predicted molar refractivity (Wildman–Crippen MR) is 60.7 cm³/mol. The van der Waals surface area contributed by atoms with E-state index in [2.05, 4.69) is 0 Å². The summed E-state index contributed by atoms with van der Waals surface area (Å²) in [7, 11) is 0. The molecule has 0 aromatic heterocycles. The molecule has 3 heteroatoms. The molecule has 2 nitrogen and oxygen atoms in total. The van der Waals surface area contributed by atoms with Crippen LogP contribution in [0.3, 0.4) is 0 Å². The van der Waals surface area contributed by atoms with Crippen molar-refractivity contribution in [1.82, 2.24) is 0 Å². The topological polar surface area (TPSA) is 26.3 Å². The van der Waals surface area contributed by atoms with Gasteiger partial charge in [-0.05, 0) is 44.9 Å². The van der Waals surface area contributed by atoms with E-state index in [0.29, 0.717) is 11.1 Å². The normalized spacial score (nSPS) is 11.3. The fraction of sp³-hybridized carbons (Fsp3) is 0.462. The summed E-state index contributed by atoms with van der Waals surface area (Å²) in [5.74, 6) is -0.628. The van der Waals surface area contributed by atoms with Crippen LogP contribution in [0.25, 0.3) is 0 Å². The summed E-state index contributed by atoms with van der Waals surface area (Å²) < 4.78 is 18.4. The molecule has 0 N–H and O–H groups in total. The molecular formula is C13H17FO2. The van der Waals surface area contributed by atoms with Crippen molar-refractivity contribution in [1.29, 1.82) is 0 Å². The molecule has 0 fully saturated rings. The van der Waals surface area contributed by atoms with Gasteiger partial charge in [0, 0.05) is 0 Å². The van der Waals surface area contributed by atoms with Crippen LogP contribution in [-0.2, 0) is 16.0 Å². The third-order valence-corrected chi connectivity index (χ3v) is 2.00. The molecule has 0 radical (unpaired) electrons. The van der Waals surface area contributed by atoms with Gasteiger partial charge in [-0.15, -0.1) is 0 Å². The third kappa shape index (κ3) is 4.01. The highest BCUT2D eigenvalue weighted by molar-refractivity contribution is 5.73. The number of carbonyl (C=O) groups is 1. The molecule has 0 bridgehead atoms. The number of rotatable bonds is 2. The Hall–Kier alpha value is -1.38. The van der Waals surface area contributed by atoms with Gasteiger partial charge in [0.05, 0.1) is 6.42 Å². The monoisotopic (exact) mass is 224 g/mol. The van der Waals surface area contributed by atoms with Gasteiger partial charge < -0.3 is 4.74 Å². The van der Waals surface area contributed by atoms with Crippen molar-refractivity contribution in [3.05, 3.63) is 35.1 Å². The lowest BCUT2D eigenvalue weighted by Crippen LogP contribution is -2.24. The van der Waals surface area contributed by atoms with E-state index in [9.17, 15) is 9.18 Å². The van der Waals surface area contributed by atoms with Gasteiger partial charge in [0.1, 0.15) is 11.4 Å². The van der Waals surface area contributed by atoms with E-state index in [4.69, 9.17) is 4.74 Å². The van der Waals surface area contributed by atoms with Gasteiger partial charge in [0.15, 0.2) is 0 Å². The lowest BCUT2D eigenvalue weighted by Gasteiger charge is -2.19. The zero-order chi connectivity index (χ0) is 12.3. The van der Waals surface area contributed by atoms with E-state index in [-0.39, 0.29) is 18.2 Å². The molecule has 0 spiro atoms. The van der Waals surface area contributed by atoms with Crippen molar-refractivity contribution in [3.63, 3.8) is 0 Å². The summed E-state index contributed by atoms with van der Waals surface area (Å²) in [6.45, 7) is 7.11. The zero-order valence-electron chi connectivity index (χ0n) is 10.1. The van der Waals surface area contributed by atoms with Crippen LogP contribution in [0.5, 0.6) is 0 Å². The summed E-state index contributed by atoms with van der Waals surface area (Å²) in [6.07, 6.45) is 0.106. The number of ether oxygens (including phenoxy) is 1. The van der Waals surface area contributed by atoms with Gasteiger partial charge >= 0.3 is 5.97 Å². The molecule has 1 rings (SSSR count). The fourth-order valence-electron chi connectivity index (χ4n) is 1.29. The quantitative estimate of drug-likeness (QED) is 0.722. The number of esters is 1. The molecule has 0 heterocycles. The number of halogens is 1. The fourth-order valence-corrected chi connectivity index (χ4v) is 1.29. The minimum atomic E-state index is -0.500. The Balaban J connectivity index is 2.67. The molecule has 0 aliphatic heterocycles. The van der Waals surface area contributed by atoms with E-state index >= 15 is 0 Å². The van der Waals surface area contributed by atoms with Crippen LogP contribution < -0.4 is 0 Å². The smallest absolute Gasteiger partial charge is 0.310 e. The second-order valence-electron chi connectivity index (χ2n) is 4.85. The molecule has 0 saturated carbocycles. The maximum absolute atomic E-state index is 13.2. The van der Waals surface area contributed by atoms with Crippen molar-refractivity contribution < 1.29 is 13.9 Å². The van der Waals surface area contributed by atoms with E-state index in [1.54, 1.807) is 39.8 Å². The van der Waals surface area contributed by atoms with E-state index in [0.717, 1.165) is 0 Å². The van der Waals surface area contributed by atoms with Crippen molar-refractivity contribution in [2.75, 3.05) is 0 Å². The number of hydrogen-bond acceptors (Lipinski definition) is 2. The summed E-state index contributed by atoms with van der Waals surface area (Å²) >= 11 is 0. The number of carbonyl (C=O) groups excluding carboxylic acids is 1. The van der Waals surface area contributed by atoms with Gasteiger partial charge in [-0.25, -0.2) is 4.39 Å². The Morgan fingerprint density at radius 2 is 2.00 bits per heavy atom. The minimum absolute atomic E-state index is 0.106. The highest BCUT2D eigenvalue weighted by Crippen LogP contribution is 2.13. The number of benzene rings is 1. The SMILES string of the molecule is Cc1ccc(CC(=O)OC(C)(C)C)cc1F. The highest BCUT2D eigenvalue weighted by Gasteiger charge is 2.16. The first-order valence-electron chi connectivity index (χ1n) is 5.25. The van der Waals surface area contributed by atoms with Crippen LogP contribution in [0.1, 0.15) is 31.9 Å².